The van der Waals surface area contributed by atoms with Gasteiger partial charge in [0, 0.05) is 17.8 Å². The van der Waals surface area contributed by atoms with E-state index in [1.54, 1.807) is 11.8 Å². The van der Waals surface area contributed by atoms with Crippen LogP contribution in [0, 0.1) is 18.3 Å². The van der Waals surface area contributed by atoms with E-state index in [2.05, 4.69) is 11.4 Å². The molecule has 0 bridgehead atoms. The number of fused-ring (bicyclic) bond motifs is 1. The van der Waals surface area contributed by atoms with Crippen LogP contribution in [0.1, 0.15) is 40.5 Å². The Bertz CT molecular complexity index is 929. The van der Waals surface area contributed by atoms with Crippen molar-refractivity contribution in [1.82, 2.24) is 4.90 Å². The maximum Gasteiger partial charge on any atom is 0.410 e. The minimum Gasteiger partial charge on any atom is -0.450 e. The number of ether oxygens (including phenoxy) is 1. The van der Waals surface area contributed by atoms with Gasteiger partial charge in [0.2, 0.25) is 5.91 Å². The zero-order valence-electron chi connectivity index (χ0n) is 16.1. The number of anilines is 1. The molecule has 3 rings (SSSR count). The number of carbonyl (C=O) groups excluding carboxylic acids is 2. The fraction of sp³-hybridized carbons (Fsp3) is 0.381. The highest BCUT2D eigenvalue weighted by Crippen LogP contribution is 2.36. The van der Waals surface area contributed by atoms with Crippen molar-refractivity contribution in [2.24, 2.45) is 0 Å². The Morgan fingerprint density at radius 1 is 1.36 bits per heavy atom. The lowest BCUT2D eigenvalue weighted by molar-refractivity contribution is -0.116. The topological polar surface area (TPSA) is 82.4 Å². The molecule has 0 aliphatic carbocycles. The maximum atomic E-state index is 12.4. The second-order valence-corrected chi connectivity index (χ2v) is 7.77. The smallest absolute Gasteiger partial charge is 0.410 e. The van der Waals surface area contributed by atoms with Crippen molar-refractivity contribution in [3.63, 3.8) is 0 Å². The van der Waals surface area contributed by atoms with E-state index in [1.165, 1.54) is 16.9 Å². The van der Waals surface area contributed by atoms with Crippen LogP contribution in [0.5, 0.6) is 0 Å². The quantitative estimate of drug-likeness (QED) is 0.826. The van der Waals surface area contributed by atoms with E-state index in [-0.39, 0.29) is 12.0 Å². The third-order valence-corrected chi connectivity index (χ3v) is 5.96. The Labute approximate surface area is 168 Å². The Morgan fingerprint density at radius 3 is 2.86 bits per heavy atom. The fourth-order valence-corrected chi connectivity index (χ4v) is 4.54. The van der Waals surface area contributed by atoms with Crippen molar-refractivity contribution in [2.75, 3.05) is 18.5 Å². The first-order valence-corrected chi connectivity index (χ1v) is 10.2. The number of nitriles is 1. The third kappa shape index (κ3) is 4.34. The predicted molar refractivity (Wildman–Crippen MR) is 108 cm³/mol. The first-order chi connectivity index (χ1) is 13.5. The minimum atomic E-state index is -0.344. The van der Waals surface area contributed by atoms with E-state index in [0.717, 1.165) is 16.0 Å². The fourth-order valence-electron chi connectivity index (χ4n) is 3.31. The molecule has 2 amide bonds. The van der Waals surface area contributed by atoms with Crippen LogP contribution in [0.25, 0.3) is 0 Å². The van der Waals surface area contributed by atoms with Gasteiger partial charge in [-0.15, -0.1) is 11.3 Å². The molecule has 6 nitrogen and oxygen atoms in total. The van der Waals surface area contributed by atoms with Crippen LogP contribution in [0.3, 0.4) is 0 Å². The molecule has 1 aromatic carbocycles. The zero-order chi connectivity index (χ0) is 20.1. The summed E-state index contributed by atoms with van der Waals surface area (Å²) in [7, 11) is 0. The highest BCUT2D eigenvalue weighted by molar-refractivity contribution is 7.16. The van der Waals surface area contributed by atoms with Gasteiger partial charge in [-0.25, -0.2) is 4.79 Å². The monoisotopic (exact) mass is 397 g/mol. The molecule has 2 aromatic rings. The number of aryl methyl sites for hydroxylation is 2. The zero-order valence-corrected chi connectivity index (χ0v) is 16.9. The summed E-state index contributed by atoms with van der Waals surface area (Å²) < 4.78 is 5.06. The van der Waals surface area contributed by atoms with Crippen molar-refractivity contribution < 1.29 is 14.3 Å². The molecule has 1 aliphatic heterocycles. The molecule has 146 valence electrons. The highest BCUT2D eigenvalue weighted by atomic mass is 32.1. The molecule has 0 saturated heterocycles. The molecular formula is C21H23N3O3S. The normalized spacial score (nSPS) is 12.8. The van der Waals surface area contributed by atoms with Crippen LogP contribution in [0.2, 0.25) is 0 Å². The second kappa shape index (κ2) is 8.89. The summed E-state index contributed by atoms with van der Waals surface area (Å²) in [6, 6.07) is 10.2. The van der Waals surface area contributed by atoms with Crippen LogP contribution in [-0.2, 0) is 28.9 Å². The largest absolute Gasteiger partial charge is 0.450 e. The average Bonchev–Trinajstić information content (AvgIpc) is 3.03. The average molecular weight is 398 g/mol. The van der Waals surface area contributed by atoms with Gasteiger partial charge in [0.05, 0.1) is 18.7 Å². The number of amides is 2. The van der Waals surface area contributed by atoms with E-state index >= 15 is 0 Å². The summed E-state index contributed by atoms with van der Waals surface area (Å²) in [5, 5.41) is 13.1. The number of nitrogens with one attached hydrogen (secondary N) is 1. The first kappa shape index (κ1) is 19.9. The molecule has 0 fully saturated rings. The molecule has 1 aromatic heterocycles. The Balaban J connectivity index is 1.68. The van der Waals surface area contributed by atoms with E-state index in [4.69, 9.17) is 4.74 Å². The number of thiophene rings is 1. The Kier molecular flexibility index (Phi) is 6.32. The number of hydrogen-bond acceptors (Lipinski definition) is 5. The predicted octanol–water partition coefficient (Wildman–Crippen LogP) is 4.01. The van der Waals surface area contributed by atoms with Gasteiger partial charge in [-0.2, -0.15) is 5.26 Å². The van der Waals surface area contributed by atoms with Gasteiger partial charge in [-0.3, -0.25) is 4.79 Å². The molecule has 0 unspecified atom stereocenters. The minimum absolute atomic E-state index is 0.111. The van der Waals surface area contributed by atoms with Gasteiger partial charge in [-0.1, -0.05) is 24.3 Å². The lowest BCUT2D eigenvalue weighted by Crippen LogP contribution is -2.35. The number of hydrogen-bond donors (Lipinski definition) is 1. The number of nitrogens with zero attached hydrogens (tertiary/aromatic N) is 2. The van der Waals surface area contributed by atoms with Gasteiger partial charge < -0.3 is 15.0 Å². The molecule has 1 N–H and O–H groups in total. The van der Waals surface area contributed by atoms with Gasteiger partial charge >= 0.3 is 6.09 Å². The molecule has 1 aliphatic rings. The lowest BCUT2D eigenvalue weighted by atomic mass is 10.0. The van der Waals surface area contributed by atoms with E-state index < -0.39 is 0 Å². The van der Waals surface area contributed by atoms with Crippen LogP contribution in [0.4, 0.5) is 9.80 Å². The third-order valence-electron chi connectivity index (χ3n) is 4.83. The molecule has 0 atom stereocenters. The summed E-state index contributed by atoms with van der Waals surface area (Å²) in [5.41, 5.74) is 3.77. The molecule has 28 heavy (non-hydrogen) atoms. The summed E-state index contributed by atoms with van der Waals surface area (Å²) in [4.78, 5) is 27.0. The van der Waals surface area contributed by atoms with Gasteiger partial charge in [-0.05, 0) is 43.4 Å². The number of carbonyl (C=O) groups is 2. The van der Waals surface area contributed by atoms with Gasteiger partial charge in [0.1, 0.15) is 11.1 Å². The molecule has 7 heteroatoms. The summed E-state index contributed by atoms with van der Waals surface area (Å²) >= 11 is 1.38. The highest BCUT2D eigenvalue weighted by Gasteiger charge is 2.28. The first-order valence-electron chi connectivity index (χ1n) is 9.34. The molecule has 0 radical (unpaired) electrons. The van der Waals surface area contributed by atoms with Crippen molar-refractivity contribution in [3.05, 3.63) is 51.4 Å². The molecule has 0 saturated carbocycles. The van der Waals surface area contributed by atoms with Crippen LogP contribution in [0.15, 0.2) is 24.3 Å². The summed E-state index contributed by atoms with van der Waals surface area (Å²) in [6.45, 7) is 5.06. The van der Waals surface area contributed by atoms with E-state index in [9.17, 15) is 14.9 Å². The standard InChI is InChI=1S/C21H23N3O3S/c1-3-27-21(26)24-11-10-16-17(12-22)20(28-18(16)13-24)23-19(25)9-8-15-7-5-4-6-14(15)2/h4-7H,3,8-11,13H2,1-2H3,(H,23,25). The van der Waals surface area contributed by atoms with E-state index in [0.29, 0.717) is 49.5 Å². The van der Waals surface area contributed by atoms with Gasteiger partial charge in [0.25, 0.3) is 0 Å². The van der Waals surface area contributed by atoms with Gasteiger partial charge in [0.15, 0.2) is 0 Å². The Morgan fingerprint density at radius 2 is 2.14 bits per heavy atom. The molecule has 2 heterocycles. The van der Waals surface area contributed by atoms with Crippen molar-refractivity contribution in [2.45, 2.75) is 39.7 Å². The molecule has 0 spiro atoms. The van der Waals surface area contributed by atoms with Crippen LogP contribution >= 0.6 is 11.3 Å². The number of rotatable bonds is 5. The second-order valence-electron chi connectivity index (χ2n) is 6.66. The van der Waals surface area contributed by atoms with Crippen molar-refractivity contribution >= 4 is 28.3 Å². The van der Waals surface area contributed by atoms with Crippen LogP contribution in [-0.4, -0.2) is 30.1 Å². The summed E-state index contributed by atoms with van der Waals surface area (Å²) in [6.07, 6.45) is 1.26. The van der Waals surface area contributed by atoms with Crippen molar-refractivity contribution in [3.8, 4) is 6.07 Å². The molecular weight excluding hydrogens is 374 g/mol. The Hall–Kier alpha value is -2.85. The lowest BCUT2D eigenvalue weighted by Gasteiger charge is -2.25. The summed E-state index contributed by atoms with van der Waals surface area (Å²) in [5.74, 6) is -0.111. The number of benzene rings is 1. The van der Waals surface area contributed by atoms with E-state index in [1.807, 2.05) is 31.2 Å². The SMILES string of the molecule is CCOC(=O)N1CCc2c(sc(NC(=O)CCc3ccccc3C)c2C#N)C1. The van der Waals surface area contributed by atoms with Crippen molar-refractivity contribution in [1.29, 1.82) is 5.26 Å². The maximum absolute atomic E-state index is 12.4. The van der Waals surface area contributed by atoms with Crippen LogP contribution < -0.4 is 5.32 Å².